The van der Waals surface area contributed by atoms with E-state index in [-0.39, 0.29) is 30.1 Å². The van der Waals surface area contributed by atoms with Crippen molar-refractivity contribution in [2.75, 3.05) is 20.2 Å². The summed E-state index contributed by atoms with van der Waals surface area (Å²) in [6, 6.07) is 11.9. The van der Waals surface area contributed by atoms with E-state index in [0.717, 1.165) is 60.3 Å². The molecule has 0 aliphatic heterocycles. The number of nitrogens with zero attached hydrogens (tertiary/aromatic N) is 4. The lowest BCUT2D eigenvalue weighted by Crippen LogP contribution is -2.38. The number of para-hydroxylation sites is 1. The Morgan fingerprint density at radius 3 is 2.76 bits per heavy atom. The molecule has 2 N–H and O–H groups in total. The minimum Gasteiger partial charge on any atom is -0.493 e. The van der Waals surface area contributed by atoms with Crippen LogP contribution in [0, 0.1) is 0 Å². The topological polar surface area (TPSA) is 85.1 Å². The van der Waals surface area contributed by atoms with Gasteiger partial charge in [-0.2, -0.15) is 0 Å². The van der Waals surface area contributed by atoms with Crippen molar-refractivity contribution >= 4 is 35.6 Å². The van der Waals surface area contributed by atoms with Crippen LogP contribution in [0.15, 0.2) is 47.6 Å². The summed E-state index contributed by atoms with van der Waals surface area (Å²) in [6.45, 7) is 4.04. The molecule has 0 saturated heterocycles. The zero-order valence-corrected chi connectivity index (χ0v) is 21.6. The van der Waals surface area contributed by atoms with Gasteiger partial charge in [0.05, 0.1) is 19.8 Å². The maximum Gasteiger partial charge on any atom is 0.191 e. The summed E-state index contributed by atoms with van der Waals surface area (Å²) in [5, 5.41) is 15.2. The Bertz CT molecular complexity index is 1050. The summed E-state index contributed by atoms with van der Waals surface area (Å²) >= 11 is 0. The molecule has 4 rings (SSSR count). The molecule has 0 unspecified atom stereocenters. The minimum atomic E-state index is 0. The molecule has 1 saturated carbocycles. The molecule has 3 aromatic rings. The highest BCUT2D eigenvalue weighted by Gasteiger charge is 2.20. The predicted molar refractivity (Wildman–Crippen MR) is 141 cm³/mol. The highest BCUT2D eigenvalue weighted by atomic mass is 127. The van der Waals surface area contributed by atoms with Crippen LogP contribution in [0.25, 0.3) is 5.65 Å². The molecule has 1 aliphatic carbocycles. The molecule has 178 valence electrons. The van der Waals surface area contributed by atoms with Crippen molar-refractivity contribution < 1.29 is 9.47 Å². The Balaban J connectivity index is 0.00000306. The highest BCUT2D eigenvalue weighted by Crippen LogP contribution is 2.35. The fourth-order valence-electron chi connectivity index (χ4n) is 4.01. The van der Waals surface area contributed by atoms with E-state index in [1.54, 1.807) is 7.11 Å². The van der Waals surface area contributed by atoms with Crippen LogP contribution >= 0.6 is 24.0 Å². The smallest absolute Gasteiger partial charge is 0.191 e. The lowest BCUT2D eigenvalue weighted by molar-refractivity contribution is 0.198. The van der Waals surface area contributed by atoms with Crippen LogP contribution in [0.1, 0.15) is 44.0 Å². The van der Waals surface area contributed by atoms with Gasteiger partial charge in [-0.05, 0) is 50.8 Å². The lowest BCUT2D eigenvalue weighted by atomic mass is 10.1. The van der Waals surface area contributed by atoms with E-state index >= 15 is 0 Å². The largest absolute Gasteiger partial charge is 0.493 e. The fourth-order valence-corrected chi connectivity index (χ4v) is 4.01. The fraction of sp³-hybridized carbons (Fsp3) is 0.458. The van der Waals surface area contributed by atoms with Gasteiger partial charge in [-0.15, -0.1) is 34.2 Å². The number of aromatic nitrogens is 3. The summed E-state index contributed by atoms with van der Waals surface area (Å²) in [5.74, 6) is 3.26. The summed E-state index contributed by atoms with van der Waals surface area (Å²) < 4.78 is 13.9. The number of guanidine groups is 1. The number of halogens is 1. The molecule has 2 aromatic heterocycles. The molecule has 0 spiro atoms. The molecule has 33 heavy (non-hydrogen) atoms. The second-order valence-electron chi connectivity index (χ2n) is 7.89. The Kier molecular flexibility index (Phi) is 9.59. The van der Waals surface area contributed by atoms with Crippen LogP contribution in [-0.4, -0.2) is 46.9 Å². The number of nitrogens with one attached hydrogen (secondary N) is 2. The van der Waals surface area contributed by atoms with Gasteiger partial charge in [0.15, 0.2) is 23.1 Å². The van der Waals surface area contributed by atoms with Crippen LogP contribution in [-0.2, 0) is 13.0 Å². The maximum atomic E-state index is 6.34. The van der Waals surface area contributed by atoms with Gasteiger partial charge in [0.2, 0.25) is 0 Å². The number of benzene rings is 1. The van der Waals surface area contributed by atoms with Crippen molar-refractivity contribution in [3.63, 3.8) is 0 Å². The van der Waals surface area contributed by atoms with E-state index < -0.39 is 0 Å². The molecule has 0 radical (unpaired) electrons. The van der Waals surface area contributed by atoms with Crippen LogP contribution < -0.4 is 20.1 Å². The van der Waals surface area contributed by atoms with Crippen LogP contribution in [0.5, 0.6) is 11.5 Å². The molecular weight excluding hydrogens is 531 g/mol. The number of rotatable bonds is 9. The van der Waals surface area contributed by atoms with Crippen molar-refractivity contribution in [2.24, 2.45) is 4.99 Å². The van der Waals surface area contributed by atoms with Gasteiger partial charge in [-0.3, -0.25) is 4.40 Å². The minimum absolute atomic E-state index is 0. The summed E-state index contributed by atoms with van der Waals surface area (Å²) in [7, 11) is 1.68. The van der Waals surface area contributed by atoms with Crippen LogP contribution in [0.2, 0.25) is 0 Å². The molecule has 9 heteroatoms. The summed E-state index contributed by atoms with van der Waals surface area (Å²) in [4.78, 5) is 4.79. The molecule has 1 fully saturated rings. The van der Waals surface area contributed by atoms with Crippen molar-refractivity contribution in [3.8, 4) is 11.5 Å². The third kappa shape index (κ3) is 6.49. The van der Waals surface area contributed by atoms with E-state index in [1.807, 2.05) is 40.9 Å². The van der Waals surface area contributed by atoms with Gasteiger partial charge in [0.1, 0.15) is 5.82 Å². The first-order valence-electron chi connectivity index (χ1n) is 11.4. The number of ether oxygens (including phenoxy) is 2. The Hall–Kier alpha value is -2.56. The van der Waals surface area contributed by atoms with Crippen molar-refractivity contribution in [1.29, 1.82) is 0 Å². The number of methoxy groups -OCH3 is 1. The SMILES string of the molecule is CCNC(=NCc1cccc(OC)c1OC1CCCC1)NCCc1nnc2ccccn12.I. The Morgan fingerprint density at radius 2 is 1.97 bits per heavy atom. The molecule has 0 atom stereocenters. The van der Waals surface area contributed by atoms with Crippen molar-refractivity contribution in [2.45, 2.75) is 51.7 Å². The number of pyridine rings is 1. The first kappa shape index (κ1) is 25.1. The zero-order chi connectivity index (χ0) is 22.2. The molecular formula is C24H33IN6O2. The average Bonchev–Trinajstić information content (AvgIpc) is 3.48. The molecule has 2 heterocycles. The van der Waals surface area contributed by atoms with Gasteiger partial charge in [-0.25, -0.2) is 4.99 Å². The standard InChI is InChI=1S/C24H32N6O2.HI/c1-3-25-24(26-15-14-22-29-28-21-13-6-7-16-30(21)22)27-17-18-9-8-12-20(31-2)23(18)32-19-10-4-5-11-19;/h6-9,12-13,16,19H,3-5,10-11,14-15,17H2,1-2H3,(H2,25,26,27);1H. The van der Waals surface area contributed by atoms with E-state index in [2.05, 4.69) is 33.8 Å². The molecule has 1 aliphatic rings. The van der Waals surface area contributed by atoms with E-state index in [4.69, 9.17) is 14.5 Å². The van der Waals surface area contributed by atoms with Gasteiger partial charge in [-0.1, -0.05) is 18.2 Å². The summed E-state index contributed by atoms with van der Waals surface area (Å²) in [5.41, 5.74) is 1.88. The van der Waals surface area contributed by atoms with E-state index in [9.17, 15) is 0 Å². The second kappa shape index (κ2) is 12.6. The first-order chi connectivity index (χ1) is 15.8. The van der Waals surface area contributed by atoms with Crippen molar-refractivity contribution in [1.82, 2.24) is 25.2 Å². The third-order valence-corrected chi connectivity index (χ3v) is 5.64. The number of fused-ring (bicyclic) bond motifs is 1. The number of aliphatic imine (C=N–C) groups is 1. The average molecular weight is 564 g/mol. The van der Waals surface area contributed by atoms with Gasteiger partial charge >= 0.3 is 0 Å². The van der Waals surface area contributed by atoms with Crippen LogP contribution in [0.3, 0.4) is 0 Å². The van der Waals surface area contributed by atoms with E-state index in [1.165, 1.54) is 12.8 Å². The monoisotopic (exact) mass is 564 g/mol. The van der Waals surface area contributed by atoms with E-state index in [0.29, 0.717) is 13.1 Å². The molecule has 8 nitrogen and oxygen atoms in total. The summed E-state index contributed by atoms with van der Waals surface area (Å²) in [6.07, 6.45) is 7.64. The van der Waals surface area contributed by atoms with Crippen molar-refractivity contribution in [3.05, 3.63) is 54.0 Å². The van der Waals surface area contributed by atoms with Gasteiger partial charge < -0.3 is 20.1 Å². The highest BCUT2D eigenvalue weighted by molar-refractivity contribution is 14.0. The van der Waals surface area contributed by atoms with Crippen LogP contribution in [0.4, 0.5) is 0 Å². The first-order valence-corrected chi connectivity index (χ1v) is 11.4. The number of hydrogen-bond acceptors (Lipinski definition) is 5. The quantitative estimate of drug-likeness (QED) is 0.233. The second-order valence-corrected chi connectivity index (χ2v) is 7.89. The molecule has 0 bridgehead atoms. The lowest BCUT2D eigenvalue weighted by Gasteiger charge is -2.19. The van der Waals surface area contributed by atoms with Gasteiger partial charge in [0.25, 0.3) is 0 Å². The predicted octanol–water partition coefficient (Wildman–Crippen LogP) is 3.98. The zero-order valence-electron chi connectivity index (χ0n) is 19.3. The molecule has 0 amide bonds. The van der Waals surface area contributed by atoms with Gasteiger partial charge in [0, 0.05) is 31.3 Å². The normalized spacial score (nSPS) is 14.2. The number of hydrogen-bond donors (Lipinski definition) is 2. The Morgan fingerprint density at radius 1 is 1.12 bits per heavy atom. The maximum absolute atomic E-state index is 6.34. The third-order valence-electron chi connectivity index (χ3n) is 5.64. The Labute approximate surface area is 212 Å². The molecule has 1 aromatic carbocycles.